The number of methoxy groups -OCH3 is 1. The second-order valence-electron chi connectivity index (χ2n) is 6.51. The van der Waals surface area contributed by atoms with Crippen LogP contribution in [0.15, 0.2) is 30.4 Å². The Morgan fingerprint density at radius 2 is 1.71 bits per heavy atom. The molecule has 0 N–H and O–H groups in total. The van der Waals surface area contributed by atoms with Crippen molar-refractivity contribution in [2.45, 2.75) is 12.8 Å². The molecule has 1 aromatic rings. The molecule has 0 aromatic heterocycles. The van der Waals surface area contributed by atoms with Crippen LogP contribution in [0.1, 0.15) is 23.2 Å². The van der Waals surface area contributed by atoms with E-state index in [-0.39, 0.29) is 46.1 Å². The summed E-state index contributed by atoms with van der Waals surface area (Å²) in [5, 5.41) is 0.226. The van der Waals surface area contributed by atoms with Crippen LogP contribution in [0.25, 0.3) is 0 Å². The fraction of sp³-hybridized carbons (Fsp3) is 0.389. The van der Waals surface area contributed by atoms with Crippen molar-refractivity contribution < 1.29 is 19.1 Å². The zero-order valence-corrected chi connectivity index (χ0v) is 13.8. The average molecular weight is 346 g/mol. The first-order valence-electron chi connectivity index (χ1n) is 7.97. The fourth-order valence-electron chi connectivity index (χ4n) is 4.25. The summed E-state index contributed by atoms with van der Waals surface area (Å²) < 4.78 is 4.71. The van der Waals surface area contributed by atoms with Gasteiger partial charge < -0.3 is 4.74 Å². The maximum atomic E-state index is 12.9. The van der Waals surface area contributed by atoms with Gasteiger partial charge in [0.1, 0.15) is 0 Å². The molecule has 6 heteroatoms. The number of carbonyl (C=O) groups is 3. The molecule has 4 aliphatic rings. The molecular weight excluding hydrogens is 330 g/mol. The molecule has 1 saturated carbocycles. The highest BCUT2D eigenvalue weighted by atomic mass is 35.5. The van der Waals surface area contributed by atoms with Gasteiger partial charge in [-0.3, -0.25) is 9.59 Å². The summed E-state index contributed by atoms with van der Waals surface area (Å²) in [5.74, 6) is -1.25. The van der Waals surface area contributed by atoms with E-state index in [0.717, 1.165) is 12.8 Å². The quantitative estimate of drug-likeness (QED) is 0.469. The number of benzene rings is 1. The molecule has 2 amide bonds. The smallest absolute Gasteiger partial charge is 0.339 e. The summed E-state index contributed by atoms with van der Waals surface area (Å²) in [6.07, 6.45) is 6.05. The molecule has 3 aliphatic carbocycles. The summed E-state index contributed by atoms with van der Waals surface area (Å²) in [4.78, 5) is 38.8. The second-order valence-corrected chi connectivity index (χ2v) is 6.92. The highest BCUT2D eigenvalue weighted by Gasteiger charge is 2.56. The Morgan fingerprint density at radius 3 is 2.21 bits per heavy atom. The molecule has 0 radical (unpaired) electrons. The van der Waals surface area contributed by atoms with Gasteiger partial charge in [-0.2, -0.15) is 0 Å². The van der Waals surface area contributed by atoms with Gasteiger partial charge in [0.25, 0.3) is 0 Å². The number of esters is 1. The third kappa shape index (κ3) is 2.04. The Labute approximate surface area is 144 Å². The van der Waals surface area contributed by atoms with Crippen molar-refractivity contribution >= 4 is 35.1 Å². The molecule has 2 fully saturated rings. The Kier molecular flexibility index (Phi) is 3.49. The average Bonchev–Trinajstić information content (AvgIpc) is 2.89. The highest BCUT2D eigenvalue weighted by molar-refractivity contribution is 6.34. The molecule has 0 unspecified atom stereocenters. The lowest BCUT2D eigenvalue weighted by Gasteiger charge is -2.38. The van der Waals surface area contributed by atoms with Crippen LogP contribution in [0.4, 0.5) is 5.69 Å². The molecule has 1 saturated heterocycles. The van der Waals surface area contributed by atoms with Crippen LogP contribution in [0.3, 0.4) is 0 Å². The first kappa shape index (κ1) is 15.4. The van der Waals surface area contributed by atoms with Crippen molar-refractivity contribution in [1.82, 2.24) is 0 Å². The minimum absolute atomic E-state index is 0.133. The zero-order chi connectivity index (χ0) is 17.0. The van der Waals surface area contributed by atoms with E-state index in [9.17, 15) is 14.4 Å². The largest absolute Gasteiger partial charge is 0.465 e. The van der Waals surface area contributed by atoms with Crippen molar-refractivity contribution in [2.75, 3.05) is 12.0 Å². The number of hydrogen-bond acceptors (Lipinski definition) is 4. The molecule has 4 atom stereocenters. The number of carbonyl (C=O) groups excluding carboxylic acids is 3. The van der Waals surface area contributed by atoms with Gasteiger partial charge >= 0.3 is 5.97 Å². The van der Waals surface area contributed by atoms with Crippen LogP contribution in [-0.4, -0.2) is 24.9 Å². The number of rotatable bonds is 2. The van der Waals surface area contributed by atoms with E-state index < -0.39 is 5.97 Å². The maximum absolute atomic E-state index is 12.9. The van der Waals surface area contributed by atoms with Gasteiger partial charge in [0.15, 0.2) is 0 Å². The molecule has 24 heavy (non-hydrogen) atoms. The number of amides is 2. The van der Waals surface area contributed by atoms with E-state index in [1.807, 2.05) is 0 Å². The van der Waals surface area contributed by atoms with Crippen LogP contribution in [0.5, 0.6) is 0 Å². The van der Waals surface area contributed by atoms with Crippen LogP contribution >= 0.6 is 11.6 Å². The summed E-state index contributed by atoms with van der Waals surface area (Å²) in [7, 11) is 1.26. The lowest BCUT2D eigenvalue weighted by atomic mass is 9.63. The molecule has 1 aliphatic heterocycles. The van der Waals surface area contributed by atoms with Gasteiger partial charge in [0.05, 0.1) is 35.2 Å². The molecule has 5 rings (SSSR count). The number of anilines is 1. The predicted molar refractivity (Wildman–Crippen MR) is 87.6 cm³/mol. The number of imide groups is 1. The number of nitrogens with zero attached hydrogens (tertiary/aromatic N) is 1. The van der Waals surface area contributed by atoms with E-state index in [4.69, 9.17) is 16.3 Å². The minimum atomic E-state index is -0.597. The van der Waals surface area contributed by atoms with Crippen molar-refractivity contribution in [3.8, 4) is 0 Å². The Bertz CT molecular complexity index is 755. The number of hydrogen-bond donors (Lipinski definition) is 0. The normalized spacial score (nSPS) is 30.7. The molecule has 2 bridgehead atoms. The molecule has 0 spiro atoms. The van der Waals surface area contributed by atoms with Crippen LogP contribution in [-0.2, 0) is 14.3 Å². The van der Waals surface area contributed by atoms with E-state index in [1.165, 1.54) is 24.1 Å². The van der Waals surface area contributed by atoms with Crippen LogP contribution in [0.2, 0.25) is 5.02 Å². The minimum Gasteiger partial charge on any atom is -0.465 e. The van der Waals surface area contributed by atoms with Gasteiger partial charge in [-0.25, -0.2) is 9.69 Å². The number of allylic oxidation sites excluding steroid dienone is 2. The SMILES string of the molecule is COC(=O)c1cc(N2C(=O)[C@@H]3[C@H](C2=O)[C@@H]2C=C[C@H]3CC2)ccc1Cl. The third-order valence-electron chi connectivity index (χ3n) is 5.37. The van der Waals surface area contributed by atoms with E-state index in [0.29, 0.717) is 5.69 Å². The third-order valence-corrected chi connectivity index (χ3v) is 5.70. The first-order valence-corrected chi connectivity index (χ1v) is 8.34. The molecule has 124 valence electrons. The van der Waals surface area contributed by atoms with Crippen molar-refractivity contribution in [3.05, 3.63) is 40.9 Å². The first-order chi connectivity index (χ1) is 11.5. The predicted octanol–water partition coefficient (Wildman–Crippen LogP) is 2.83. The molecule has 1 aromatic carbocycles. The van der Waals surface area contributed by atoms with Crippen molar-refractivity contribution in [2.24, 2.45) is 23.7 Å². The summed E-state index contributed by atoms with van der Waals surface area (Å²) in [6, 6.07) is 4.56. The number of ether oxygens (including phenoxy) is 1. The summed E-state index contributed by atoms with van der Waals surface area (Å²) in [5.41, 5.74) is 0.525. The highest BCUT2D eigenvalue weighted by Crippen LogP contribution is 2.50. The van der Waals surface area contributed by atoms with Gasteiger partial charge in [-0.05, 0) is 42.9 Å². The van der Waals surface area contributed by atoms with Crippen molar-refractivity contribution in [3.63, 3.8) is 0 Å². The Hall–Kier alpha value is -2.14. The molecule has 5 nitrogen and oxygen atoms in total. The van der Waals surface area contributed by atoms with Crippen molar-refractivity contribution in [1.29, 1.82) is 0 Å². The van der Waals surface area contributed by atoms with E-state index in [1.54, 1.807) is 6.07 Å². The topological polar surface area (TPSA) is 63.7 Å². The standard InChI is InChI=1S/C18H16ClNO4/c1-24-18(23)12-8-11(6-7-13(12)19)20-16(21)14-9-2-3-10(5-4-9)15(14)17(20)22/h2-3,6-10,14-15H,4-5H2,1H3/t9-,10+,14-,15+. The summed E-state index contributed by atoms with van der Waals surface area (Å²) in [6.45, 7) is 0. The monoisotopic (exact) mass is 345 g/mol. The number of fused-ring (bicyclic) bond motifs is 1. The Morgan fingerprint density at radius 1 is 1.12 bits per heavy atom. The van der Waals surface area contributed by atoms with Gasteiger partial charge in [0, 0.05) is 0 Å². The summed E-state index contributed by atoms with van der Waals surface area (Å²) >= 11 is 6.03. The maximum Gasteiger partial charge on any atom is 0.339 e. The number of halogens is 1. The zero-order valence-electron chi connectivity index (χ0n) is 13.1. The van der Waals surface area contributed by atoms with E-state index >= 15 is 0 Å². The molecule has 1 heterocycles. The Balaban J connectivity index is 1.74. The van der Waals surface area contributed by atoms with Gasteiger partial charge in [0.2, 0.25) is 11.8 Å². The fourth-order valence-corrected chi connectivity index (χ4v) is 4.44. The van der Waals surface area contributed by atoms with Crippen LogP contribution < -0.4 is 4.90 Å². The van der Waals surface area contributed by atoms with E-state index in [2.05, 4.69) is 12.2 Å². The lowest BCUT2D eigenvalue weighted by molar-refractivity contribution is -0.124. The van der Waals surface area contributed by atoms with Gasteiger partial charge in [-0.15, -0.1) is 0 Å². The second kappa shape index (κ2) is 5.45. The van der Waals surface area contributed by atoms with Gasteiger partial charge in [-0.1, -0.05) is 23.8 Å². The molecular formula is C18H16ClNO4. The van der Waals surface area contributed by atoms with Crippen LogP contribution in [0, 0.1) is 23.7 Å². The lowest BCUT2D eigenvalue weighted by Crippen LogP contribution is -2.38.